The Bertz CT molecular complexity index is 334. The SMILES string of the molecule is CC(C)(C)O[Si]Cc1ccc(F)c(F)c1. The van der Waals surface area contributed by atoms with Gasteiger partial charge < -0.3 is 4.43 Å². The first-order chi connectivity index (χ1) is 6.88. The zero-order valence-corrected chi connectivity index (χ0v) is 10.1. The molecule has 0 atom stereocenters. The van der Waals surface area contributed by atoms with Crippen molar-refractivity contribution in [1.82, 2.24) is 0 Å². The van der Waals surface area contributed by atoms with Crippen LogP contribution in [0.2, 0.25) is 0 Å². The summed E-state index contributed by atoms with van der Waals surface area (Å²) in [5.41, 5.74) is 0.577. The lowest BCUT2D eigenvalue weighted by Crippen LogP contribution is -2.22. The highest BCUT2D eigenvalue weighted by Gasteiger charge is 2.10. The first-order valence-corrected chi connectivity index (χ1v) is 5.85. The fourth-order valence-electron chi connectivity index (χ4n) is 0.986. The van der Waals surface area contributed by atoms with Crippen LogP contribution in [0.1, 0.15) is 26.3 Å². The van der Waals surface area contributed by atoms with Crippen molar-refractivity contribution < 1.29 is 13.2 Å². The molecule has 2 radical (unpaired) electrons. The van der Waals surface area contributed by atoms with Crippen LogP contribution in [0.25, 0.3) is 0 Å². The fraction of sp³-hybridized carbons (Fsp3) is 0.455. The molecule has 4 heteroatoms. The smallest absolute Gasteiger partial charge is 0.235 e. The Morgan fingerprint density at radius 1 is 1.20 bits per heavy atom. The van der Waals surface area contributed by atoms with Crippen LogP contribution in [-0.2, 0) is 10.5 Å². The van der Waals surface area contributed by atoms with Crippen molar-refractivity contribution >= 4 is 9.76 Å². The highest BCUT2D eigenvalue weighted by Crippen LogP contribution is 2.10. The summed E-state index contributed by atoms with van der Waals surface area (Å²) in [5.74, 6) is -1.60. The van der Waals surface area contributed by atoms with Gasteiger partial charge in [-0.2, -0.15) is 0 Å². The van der Waals surface area contributed by atoms with E-state index >= 15 is 0 Å². The van der Waals surface area contributed by atoms with Crippen LogP contribution in [-0.4, -0.2) is 15.4 Å². The van der Waals surface area contributed by atoms with Gasteiger partial charge in [-0.15, -0.1) is 0 Å². The number of hydrogen-bond donors (Lipinski definition) is 0. The second-order valence-electron chi connectivity index (χ2n) is 4.28. The average molecular weight is 228 g/mol. The largest absolute Gasteiger partial charge is 0.412 e. The van der Waals surface area contributed by atoms with Crippen LogP contribution in [0.4, 0.5) is 8.78 Å². The van der Waals surface area contributed by atoms with Gasteiger partial charge in [0.2, 0.25) is 9.76 Å². The van der Waals surface area contributed by atoms with Crippen molar-refractivity contribution in [3.05, 3.63) is 35.4 Å². The number of halogens is 2. The monoisotopic (exact) mass is 228 g/mol. The molecule has 82 valence electrons. The number of benzene rings is 1. The maximum Gasteiger partial charge on any atom is 0.235 e. The maximum atomic E-state index is 12.8. The minimum atomic E-state index is -0.807. The molecule has 0 aromatic heterocycles. The van der Waals surface area contributed by atoms with Crippen LogP contribution in [0, 0.1) is 11.6 Å². The lowest BCUT2D eigenvalue weighted by molar-refractivity contribution is 0.138. The molecule has 0 bridgehead atoms. The summed E-state index contributed by atoms with van der Waals surface area (Å²) in [6.45, 7) is 5.89. The van der Waals surface area contributed by atoms with Crippen molar-refractivity contribution in [1.29, 1.82) is 0 Å². The average Bonchev–Trinajstić information content (AvgIpc) is 2.09. The van der Waals surface area contributed by atoms with E-state index in [0.717, 1.165) is 11.6 Å². The van der Waals surface area contributed by atoms with Gasteiger partial charge in [-0.05, 0) is 44.5 Å². The standard InChI is InChI=1S/C11H14F2OSi/c1-11(2,3)14-15-7-8-4-5-9(12)10(13)6-8/h4-6H,7H2,1-3H3. The molecule has 1 rings (SSSR count). The van der Waals surface area contributed by atoms with E-state index in [1.54, 1.807) is 6.07 Å². The first kappa shape index (κ1) is 12.3. The van der Waals surface area contributed by atoms with Crippen LogP contribution < -0.4 is 0 Å². The molecule has 15 heavy (non-hydrogen) atoms. The molecule has 0 spiro atoms. The van der Waals surface area contributed by atoms with Crippen LogP contribution in [0.3, 0.4) is 0 Å². The summed E-state index contributed by atoms with van der Waals surface area (Å²) >= 11 is 0. The van der Waals surface area contributed by atoms with Gasteiger partial charge in [0.15, 0.2) is 11.6 Å². The van der Waals surface area contributed by atoms with E-state index in [9.17, 15) is 8.78 Å². The molecule has 1 nitrogen and oxygen atoms in total. The molecule has 1 aromatic carbocycles. The molecule has 0 unspecified atom stereocenters. The van der Waals surface area contributed by atoms with Gasteiger partial charge in [-0.3, -0.25) is 0 Å². The molecule has 0 amide bonds. The Morgan fingerprint density at radius 3 is 2.40 bits per heavy atom. The Hall–Kier alpha value is -0.743. The third-order valence-corrected chi connectivity index (χ3v) is 2.95. The van der Waals surface area contributed by atoms with E-state index in [-0.39, 0.29) is 15.4 Å². The predicted octanol–water partition coefficient (Wildman–Crippen LogP) is 2.90. The minimum absolute atomic E-state index is 0.184. The Kier molecular flexibility index (Phi) is 3.99. The molecular formula is C11H14F2OSi. The Balaban J connectivity index is 2.48. The summed E-state index contributed by atoms with van der Waals surface area (Å²) in [5, 5.41) is 0. The number of rotatable bonds is 3. The molecule has 0 heterocycles. The lowest BCUT2D eigenvalue weighted by Gasteiger charge is -2.19. The van der Waals surface area contributed by atoms with E-state index < -0.39 is 11.6 Å². The third-order valence-electron chi connectivity index (χ3n) is 1.64. The molecule has 0 aliphatic heterocycles. The van der Waals surface area contributed by atoms with Crippen LogP contribution in [0.5, 0.6) is 0 Å². The molecule has 0 fully saturated rings. The van der Waals surface area contributed by atoms with Crippen LogP contribution in [0.15, 0.2) is 18.2 Å². The van der Waals surface area contributed by atoms with Crippen molar-refractivity contribution in [2.75, 3.05) is 0 Å². The van der Waals surface area contributed by atoms with Gasteiger partial charge in [0, 0.05) is 5.60 Å². The summed E-state index contributed by atoms with van der Waals surface area (Å²) in [6.07, 6.45) is 0. The molecular weight excluding hydrogens is 214 g/mol. The van der Waals surface area contributed by atoms with Crippen molar-refractivity contribution in [3.63, 3.8) is 0 Å². The van der Waals surface area contributed by atoms with Gasteiger partial charge in [0.25, 0.3) is 0 Å². The molecule has 0 N–H and O–H groups in total. The van der Waals surface area contributed by atoms with Gasteiger partial charge in [0.05, 0.1) is 0 Å². The topological polar surface area (TPSA) is 9.23 Å². The van der Waals surface area contributed by atoms with Gasteiger partial charge in [0.1, 0.15) is 0 Å². The molecule has 0 aliphatic carbocycles. The zero-order chi connectivity index (χ0) is 11.5. The highest BCUT2D eigenvalue weighted by atomic mass is 28.2. The van der Waals surface area contributed by atoms with Gasteiger partial charge >= 0.3 is 0 Å². The van der Waals surface area contributed by atoms with E-state index in [2.05, 4.69) is 0 Å². The quantitative estimate of drug-likeness (QED) is 0.723. The Labute approximate surface area is 91.4 Å². The Morgan fingerprint density at radius 2 is 1.87 bits per heavy atom. The fourth-order valence-corrected chi connectivity index (χ4v) is 1.88. The first-order valence-electron chi connectivity index (χ1n) is 4.73. The third kappa shape index (κ3) is 4.53. The van der Waals surface area contributed by atoms with Gasteiger partial charge in [-0.1, -0.05) is 6.07 Å². The summed E-state index contributed by atoms with van der Waals surface area (Å²) in [4.78, 5) is 0. The van der Waals surface area contributed by atoms with E-state index in [1.165, 1.54) is 6.07 Å². The predicted molar refractivity (Wildman–Crippen MR) is 56.7 cm³/mol. The van der Waals surface area contributed by atoms with E-state index in [4.69, 9.17) is 4.43 Å². The van der Waals surface area contributed by atoms with E-state index in [1.807, 2.05) is 20.8 Å². The summed E-state index contributed by atoms with van der Waals surface area (Å²) in [6, 6.07) is 4.56. The highest BCUT2D eigenvalue weighted by molar-refractivity contribution is 6.26. The van der Waals surface area contributed by atoms with Gasteiger partial charge in [-0.25, -0.2) is 8.78 Å². The minimum Gasteiger partial charge on any atom is -0.412 e. The lowest BCUT2D eigenvalue weighted by atomic mass is 10.2. The van der Waals surface area contributed by atoms with Crippen molar-refractivity contribution in [2.24, 2.45) is 0 Å². The molecule has 1 aromatic rings. The maximum absolute atomic E-state index is 12.8. The normalized spacial score (nSPS) is 11.8. The second-order valence-corrected chi connectivity index (χ2v) is 5.13. The molecule has 0 aliphatic rings. The van der Waals surface area contributed by atoms with Crippen molar-refractivity contribution in [3.8, 4) is 0 Å². The van der Waals surface area contributed by atoms with Crippen molar-refractivity contribution in [2.45, 2.75) is 32.4 Å². The molecule has 0 saturated carbocycles. The van der Waals surface area contributed by atoms with Crippen LogP contribution >= 0.6 is 0 Å². The second kappa shape index (κ2) is 4.85. The summed E-state index contributed by atoms with van der Waals surface area (Å²) in [7, 11) is 0.265. The molecule has 0 saturated heterocycles. The number of hydrogen-bond acceptors (Lipinski definition) is 1. The zero-order valence-electron chi connectivity index (χ0n) is 9.10. The summed E-state index contributed by atoms with van der Waals surface area (Å²) < 4.78 is 30.9. The van der Waals surface area contributed by atoms with E-state index in [0.29, 0.717) is 6.04 Å².